The number of carbonyl (C=O) groups excluding carboxylic acids is 4. The highest BCUT2D eigenvalue weighted by molar-refractivity contribution is 5.75. The van der Waals surface area contributed by atoms with Crippen LogP contribution in [0.4, 0.5) is 9.59 Å². The van der Waals surface area contributed by atoms with Crippen molar-refractivity contribution in [2.75, 3.05) is 26.2 Å². The van der Waals surface area contributed by atoms with E-state index in [9.17, 15) is 19.2 Å². The molecule has 0 fully saturated rings. The molecular formula is C14H28N6O4. The van der Waals surface area contributed by atoms with Gasteiger partial charge in [0, 0.05) is 39.0 Å². The van der Waals surface area contributed by atoms with Gasteiger partial charge in [0.2, 0.25) is 11.8 Å². The minimum Gasteiger partial charge on any atom is -0.370 e. The maximum atomic E-state index is 11.4. The molecule has 24 heavy (non-hydrogen) atoms. The molecule has 0 aromatic rings. The first kappa shape index (κ1) is 21.5. The zero-order valence-corrected chi connectivity index (χ0v) is 13.9. The van der Waals surface area contributed by atoms with Crippen LogP contribution in [0.2, 0.25) is 0 Å². The molecule has 8 N–H and O–H groups in total. The molecule has 0 spiro atoms. The zero-order valence-electron chi connectivity index (χ0n) is 13.9. The summed E-state index contributed by atoms with van der Waals surface area (Å²) in [6, 6.07) is -0.584. The van der Waals surface area contributed by atoms with Gasteiger partial charge in [0.05, 0.1) is 0 Å². The van der Waals surface area contributed by atoms with Crippen LogP contribution in [0.15, 0.2) is 0 Å². The molecule has 0 rings (SSSR count). The van der Waals surface area contributed by atoms with E-state index in [0.29, 0.717) is 39.0 Å². The number of primary amides is 2. The molecule has 0 radical (unpaired) electrons. The maximum Gasteiger partial charge on any atom is 0.314 e. The molecule has 0 heterocycles. The minimum absolute atomic E-state index is 0.247. The number of unbranched alkanes of at least 4 members (excludes halogenated alkanes) is 1. The van der Waals surface area contributed by atoms with Crippen LogP contribution in [-0.2, 0) is 9.59 Å². The third-order valence-electron chi connectivity index (χ3n) is 2.95. The number of hydrogen-bond acceptors (Lipinski definition) is 4. The Hall–Kier alpha value is -2.52. The molecule has 10 nitrogen and oxygen atoms in total. The molecule has 0 aromatic heterocycles. The lowest BCUT2D eigenvalue weighted by Crippen LogP contribution is -2.38. The standard InChI is InChI=1S/C14H28N6O4/c15-11(21)5-3-9-19-13(23)17-7-1-2-8-18-14(24)20-10-4-6-12(16)22/h1-10H2,(H2,15,21)(H2,16,22)(H2,17,19,23)(H2,18,20,24). The Kier molecular flexibility index (Phi) is 12.6. The van der Waals surface area contributed by atoms with Crippen LogP contribution < -0.4 is 32.7 Å². The van der Waals surface area contributed by atoms with E-state index < -0.39 is 0 Å². The van der Waals surface area contributed by atoms with E-state index in [4.69, 9.17) is 11.5 Å². The van der Waals surface area contributed by atoms with Crippen LogP contribution >= 0.6 is 0 Å². The third kappa shape index (κ3) is 15.9. The lowest BCUT2D eigenvalue weighted by atomic mass is 10.3. The summed E-state index contributed by atoms with van der Waals surface area (Å²) < 4.78 is 0. The fourth-order valence-electron chi connectivity index (χ4n) is 1.71. The number of hydrogen-bond donors (Lipinski definition) is 6. The molecule has 10 heteroatoms. The summed E-state index contributed by atoms with van der Waals surface area (Å²) in [7, 11) is 0. The molecule has 0 aliphatic carbocycles. The number of carbonyl (C=O) groups is 4. The van der Waals surface area contributed by atoms with Gasteiger partial charge >= 0.3 is 12.1 Å². The summed E-state index contributed by atoms with van der Waals surface area (Å²) in [6.07, 6.45) is 2.96. The van der Waals surface area contributed by atoms with Crippen molar-refractivity contribution < 1.29 is 19.2 Å². The molecule has 0 saturated carbocycles. The van der Waals surface area contributed by atoms with Crippen LogP contribution in [0.1, 0.15) is 38.5 Å². The highest BCUT2D eigenvalue weighted by atomic mass is 16.2. The molecule has 138 valence electrons. The Morgan fingerprint density at radius 2 is 0.833 bits per heavy atom. The topological polar surface area (TPSA) is 168 Å². The van der Waals surface area contributed by atoms with Gasteiger partial charge in [-0.1, -0.05) is 0 Å². The molecule has 6 amide bonds. The van der Waals surface area contributed by atoms with Crippen molar-refractivity contribution in [1.29, 1.82) is 0 Å². The predicted octanol–water partition coefficient (Wildman–Crippen LogP) is -1.10. The van der Waals surface area contributed by atoms with Crippen LogP contribution in [0.5, 0.6) is 0 Å². The maximum absolute atomic E-state index is 11.4. The van der Waals surface area contributed by atoms with Crippen molar-refractivity contribution in [1.82, 2.24) is 21.3 Å². The highest BCUT2D eigenvalue weighted by Gasteiger charge is 2.01. The second-order valence-electron chi connectivity index (χ2n) is 5.21. The van der Waals surface area contributed by atoms with Gasteiger partial charge in [-0.15, -0.1) is 0 Å². The quantitative estimate of drug-likeness (QED) is 0.233. The van der Waals surface area contributed by atoms with Gasteiger partial charge in [0.15, 0.2) is 0 Å². The predicted molar refractivity (Wildman–Crippen MR) is 88.9 cm³/mol. The fourth-order valence-corrected chi connectivity index (χ4v) is 1.71. The monoisotopic (exact) mass is 344 g/mol. The van der Waals surface area contributed by atoms with Crippen molar-refractivity contribution in [2.45, 2.75) is 38.5 Å². The van der Waals surface area contributed by atoms with Gasteiger partial charge in [-0.05, 0) is 25.7 Å². The average molecular weight is 344 g/mol. The summed E-state index contributed by atoms with van der Waals surface area (Å²) in [5.74, 6) is -0.775. The minimum atomic E-state index is -0.387. The van der Waals surface area contributed by atoms with Gasteiger partial charge in [0.1, 0.15) is 0 Å². The van der Waals surface area contributed by atoms with Gasteiger partial charge < -0.3 is 32.7 Å². The van der Waals surface area contributed by atoms with E-state index in [0.717, 1.165) is 12.8 Å². The molecule has 0 aliphatic rings. The van der Waals surface area contributed by atoms with Crippen molar-refractivity contribution in [3.8, 4) is 0 Å². The largest absolute Gasteiger partial charge is 0.370 e. The first-order chi connectivity index (χ1) is 11.4. The Morgan fingerprint density at radius 1 is 0.542 bits per heavy atom. The van der Waals surface area contributed by atoms with Crippen LogP contribution in [-0.4, -0.2) is 50.1 Å². The molecule has 0 aliphatic heterocycles. The average Bonchev–Trinajstić information content (AvgIpc) is 2.51. The zero-order chi connectivity index (χ0) is 18.2. The van der Waals surface area contributed by atoms with E-state index in [1.807, 2.05) is 0 Å². The number of urea groups is 2. The second kappa shape index (κ2) is 14.1. The van der Waals surface area contributed by atoms with Crippen molar-refractivity contribution >= 4 is 23.9 Å². The number of rotatable bonds is 13. The van der Waals surface area contributed by atoms with Crippen molar-refractivity contribution in [2.24, 2.45) is 11.5 Å². The van der Waals surface area contributed by atoms with Crippen molar-refractivity contribution in [3.05, 3.63) is 0 Å². The first-order valence-electron chi connectivity index (χ1n) is 8.02. The lowest BCUT2D eigenvalue weighted by Gasteiger charge is -2.08. The summed E-state index contributed by atoms with van der Waals surface area (Å²) in [4.78, 5) is 43.8. The second-order valence-corrected chi connectivity index (χ2v) is 5.21. The molecule has 0 saturated heterocycles. The summed E-state index contributed by atoms with van der Waals surface area (Å²) in [5, 5.41) is 10.6. The normalized spacial score (nSPS) is 9.83. The number of nitrogens with two attached hydrogens (primary N) is 2. The Bertz CT molecular complexity index is 378. The van der Waals surface area contributed by atoms with Gasteiger partial charge in [0.25, 0.3) is 0 Å². The molecule has 0 aromatic carbocycles. The SMILES string of the molecule is NC(=O)CCCNC(=O)NCCCCNC(=O)NCCCC(N)=O. The Balaban J connectivity index is 3.37. The smallest absolute Gasteiger partial charge is 0.314 e. The van der Waals surface area contributed by atoms with E-state index in [1.165, 1.54) is 0 Å². The summed E-state index contributed by atoms with van der Waals surface area (Å²) in [5.41, 5.74) is 9.97. The van der Waals surface area contributed by atoms with Gasteiger partial charge in [-0.25, -0.2) is 9.59 Å². The molecule has 0 unspecified atom stereocenters. The van der Waals surface area contributed by atoms with Gasteiger partial charge in [-0.3, -0.25) is 9.59 Å². The van der Waals surface area contributed by atoms with Crippen LogP contribution in [0.3, 0.4) is 0 Å². The van der Waals surface area contributed by atoms with Gasteiger partial charge in [-0.2, -0.15) is 0 Å². The Labute approximate surface area is 141 Å². The first-order valence-corrected chi connectivity index (χ1v) is 8.02. The summed E-state index contributed by atoms with van der Waals surface area (Å²) >= 11 is 0. The van der Waals surface area contributed by atoms with E-state index in [-0.39, 0.29) is 36.7 Å². The number of amides is 6. The molecular weight excluding hydrogens is 316 g/mol. The van der Waals surface area contributed by atoms with Crippen LogP contribution in [0, 0.1) is 0 Å². The summed E-state index contributed by atoms with van der Waals surface area (Å²) in [6.45, 7) is 1.77. The highest BCUT2D eigenvalue weighted by Crippen LogP contribution is 1.87. The fraction of sp³-hybridized carbons (Fsp3) is 0.714. The van der Waals surface area contributed by atoms with E-state index in [1.54, 1.807) is 0 Å². The van der Waals surface area contributed by atoms with Crippen molar-refractivity contribution in [3.63, 3.8) is 0 Å². The third-order valence-corrected chi connectivity index (χ3v) is 2.95. The van der Waals surface area contributed by atoms with E-state index >= 15 is 0 Å². The molecule has 0 bridgehead atoms. The lowest BCUT2D eigenvalue weighted by molar-refractivity contribution is -0.118. The number of nitrogens with one attached hydrogen (secondary N) is 4. The molecule has 0 atom stereocenters. The Morgan fingerprint density at radius 3 is 1.12 bits per heavy atom. The van der Waals surface area contributed by atoms with Crippen LogP contribution in [0.25, 0.3) is 0 Å². The van der Waals surface area contributed by atoms with E-state index in [2.05, 4.69) is 21.3 Å².